The van der Waals surface area contributed by atoms with Crippen molar-refractivity contribution in [3.63, 3.8) is 0 Å². The van der Waals surface area contributed by atoms with E-state index in [-0.39, 0.29) is 11.2 Å². The van der Waals surface area contributed by atoms with Gasteiger partial charge < -0.3 is 10.2 Å². The summed E-state index contributed by atoms with van der Waals surface area (Å²) in [6, 6.07) is 0.417. The lowest BCUT2D eigenvalue weighted by Gasteiger charge is -2.32. The van der Waals surface area contributed by atoms with Gasteiger partial charge in [-0.1, -0.05) is 55.7 Å². The average Bonchev–Trinajstić information content (AvgIpc) is 3.02. The zero-order valence-electron chi connectivity index (χ0n) is 14.4. The largest absolute Gasteiger partial charge is 0.360 e. The first kappa shape index (κ1) is 18.5. The molecular weight excluding hydrogens is 328 g/mol. The average molecular weight is 357 g/mol. The third-order valence-corrected chi connectivity index (χ3v) is 6.36. The second kappa shape index (κ2) is 9.47. The van der Waals surface area contributed by atoms with E-state index in [0.717, 1.165) is 41.7 Å². The van der Waals surface area contributed by atoms with Crippen LogP contribution in [0.2, 0.25) is 0 Å². The normalized spacial score (nSPS) is 17.0. The maximum absolute atomic E-state index is 12.6. The summed E-state index contributed by atoms with van der Waals surface area (Å²) in [5.41, 5.74) is 0. The Balaban J connectivity index is 1.82. The highest BCUT2D eigenvalue weighted by atomic mass is 32.2. The van der Waals surface area contributed by atoms with Gasteiger partial charge in [-0.05, 0) is 26.2 Å². The third-order valence-electron chi connectivity index (χ3n) is 4.31. The first-order valence-corrected chi connectivity index (χ1v) is 10.3. The SMILES string of the molecule is CCCCNc1nnc(S[C@H](C)C(=O)N(C)C2CCCCC2)s1. The second-order valence-corrected chi connectivity index (χ2v) is 8.72. The van der Waals surface area contributed by atoms with Crippen LogP contribution in [0.1, 0.15) is 58.8 Å². The van der Waals surface area contributed by atoms with E-state index in [0.29, 0.717) is 6.04 Å². The molecule has 1 atom stereocenters. The summed E-state index contributed by atoms with van der Waals surface area (Å²) >= 11 is 3.05. The van der Waals surface area contributed by atoms with Gasteiger partial charge in [0.05, 0.1) is 5.25 Å². The Hall–Kier alpha value is -0.820. The Morgan fingerprint density at radius 1 is 1.39 bits per heavy atom. The number of hydrogen-bond acceptors (Lipinski definition) is 6. The number of hydrogen-bond donors (Lipinski definition) is 1. The highest BCUT2D eigenvalue weighted by Crippen LogP contribution is 2.31. The first-order chi connectivity index (χ1) is 11.1. The number of nitrogens with zero attached hydrogens (tertiary/aromatic N) is 3. The molecule has 1 aliphatic carbocycles. The minimum absolute atomic E-state index is 0.113. The smallest absolute Gasteiger partial charge is 0.235 e. The van der Waals surface area contributed by atoms with Crippen molar-refractivity contribution in [1.82, 2.24) is 15.1 Å². The van der Waals surface area contributed by atoms with E-state index in [9.17, 15) is 4.79 Å². The van der Waals surface area contributed by atoms with Gasteiger partial charge in [0.25, 0.3) is 0 Å². The zero-order valence-corrected chi connectivity index (χ0v) is 16.0. The monoisotopic (exact) mass is 356 g/mol. The number of rotatable bonds is 8. The molecule has 1 aromatic rings. The van der Waals surface area contributed by atoms with Crippen molar-refractivity contribution in [2.45, 2.75) is 74.4 Å². The molecule has 0 saturated heterocycles. The van der Waals surface area contributed by atoms with E-state index in [2.05, 4.69) is 22.4 Å². The summed E-state index contributed by atoms with van der Waals surface area (Å²) in [6.07, 6.45) is 8.37. The third kappa shape index (κ3) is 5.64. The minimum Gasteiger partial charge on any atom is -0.360 e. The summed E-state index contributed by atoms with van der Waals surface area (Å²) < 4.78 is 0.863. The van der Waals surface area contributed by atoms with Crippen LogP contribution in [0.5, 0.6) is 0 Å². The topological polar surface area (TPSA) is 58.1 Å². The van der Waals surface area contributed by atoms with Crippen LogP contribution in [0.25, 0.3) is 0 Å². The van der Waals surface area contributed by atoms with Crippen molar-refractivity contribution in [2.24, 2.45) is 0 Å². The maximum Gasteiger partial charge on any atom is 0.235 e. The number of nitrogens with one attached hydrogen (secondary N) is 1. The summed E-state index contributed by atoms with van der Waals surface area (Å²) in [6.45, 7) is 5.06. The van der Waals surface area contributed by atoms with Crippen LogP contribution in [0.3, 0.4) is 0 Å². The standard InChI is InChI=1S/C16H28N4OS2/c1-4-5-11-17-15-18-19-16(23-15)22-12(2)14(21)20(3)13-9-7-6-8-10-13/h12-13H,4-11H2,1-3H3,(H,17,18)/t12-/m1/s1. The van der Waals surface area contributed by atoms with Crippen molar-refractivity contribution in [3.05, 3.63) is 0 Å². The molecule has 2 rings (SSSR count). The molecule has 0 bridgehead atoms. The van der Waals surface area contributed by atoms with Crippen LogP contribution in [-0.4, -0.2) is 45.9 Å². The maximum atomic E-state index is 12.6. The Labute approximate surface area is 147 Å². The van der Waals surface area contributed by atoms with Gasteiger partial charge in [0.1, 0.15) is 0 Å². The number of thioether (sulfide) groups is 1. The van der Waals surface area contributed by atoms with E-state index < -0.39 is 0 Å². The zero-order chi connectivity index (χ0) is 16.7. The number of carbonyl (C=O) groups excluding carboxylic acids is 1. The van der Waals surface area contributed by atoms with Gasteiger partial charge in [0.15, 0.2) is 4.34 Å². The molecule has 1 saturated carbocycles. The molecule has 0 spiro atoms. The van der Waals surface area contributed by atoms with Gasteiger partial charge in [-0.3, -0.25) is 4.79 Å². The Kier molecular flexibility index (Phi) is 7.62. The van der Waals surface area contributed by atoms with Gasteiger partial charge in [0.2, 0.25) is 11.0 Å². The molecule has 1 fully saturated rings. The molecule has 0 radical (unpaired) electrons. The molecule has 0 aromatic carbocycles. The number of anilines is 1. The van der Waals surface area contributed by atoms with E-state index in [1.165, 1.54) is 42.4 Å². The fourth-order valence-electron chi connectivity index (χ4n) is 2.84. The molecule has 0 unspecified atom stereocenters. The summed E-state index contributed by atoms with van der Waals surface area (Å²) in [5.74, 6) is 0.206. The van der Waals surface area contributed by atoms with Crippen LogP contribution >= 0.6 is 23.1 Å². The van der Waals surface area contributed by atoms with E-state index >= 15 is 0 Å². The first-order valence-electron chi connectivity index (χ1n) is 8.62. The quantitative estimate of drug-likeness (QED) is 0.563. The molecule has 1 aromatic heterocycles. The van der Waals surface area contributed by atoms with Crippen LogP contribution in [0.15, 0.2) is 4.34 Å². The van der Waals surface area contributed by atoms with Crippen molar-refractivity contribution >= 4 is 34.1 Å². The predicted molar refractivity (Wildman–Crippen MR) is 98.3 cm³/mol. The van der Waals surface area contributed by atoms with Crippen LogP contribution in [0, 0.1) is 0 Å². The molecule has 1 heterocycles. The molecule has 5 nitrogen and oxygen atoms in total. The highest BCUT2D eigenvalue weighted by molar-refractivity contribution is 8.02. The molecular formula is C16H28N4OS2. The summed E-state index contributed by atoms with van der Waals surface area (Å²) in [5, 5.41) is 12.3. The fraction of sp³-hybridized carbons (Fsp3) is 0.812. The molecule has 130 valence electrons. The minimum atomic E-state index is -0.113. The fourth-order valence-corrected chi connectivity index (χ4v) is 4.86. The Bertz CT molecular complexity index is 488. The van der Waals surface area contributed by atoms with E-state index in [4.69, 9.17) is 0 Å². The lowest BCUT2D eigenvalue weighted by molar-refractivity contribution is -0.131. The lowest BCUT2D eigenvalue weighted by atomic mass is 9.94. The molecule has 0 aliphatic heterocycles. The molecule has 1 N–H and O–H groups in total. The lowest BCUT2D eigenvalue weighted by Crippen LogP contribution is -2.42. The van der Waals surface area contributed by atoms with Gasteiger partial charge in [-0.25, -0.2) is 0 Å². The highest BCUT2D eigenvalue weighted by Gasteiger charge is 2.26. The summed E-state index contributed by atoms with van der Waals surface area (Å²) in [4.78, 5) is 14.6. The van der Waals surface area contributed by atoms with E-state index in [1.54, 1.807) is 0 Å². The van der Waals surface area contributed by atoms with Crippen molar-refractivity contribution in [1.29, 1.82) is 0 Å². The van der Waals surface area contributed by atoms with Crippen LogP contribution < -0.4 is 5.32 Å². The number of unbranched alkanes of at least 4 members (excludes halogenated alkanes) is 1. The molecule has 7 heteroatoms. The Morgan fingerprint density at radius 2 is 2.13 bits per heavy atom. The molecule has 1 aliphatic rings. The molecule has 1 amide bonds. The Morgan fingerprint density at radius 3 is 2.83 bits per heavy atom. The number of aromatic nitrogens is 2. The van der Waals surface area contributed by atoms with Gasteiger partial charge in [0, 0.05) is 19.6 Å². The predicted octanol–water partition coefficient (Wildman–Crippen LogP) is 4.02. The van der Waals surface area contributed by atoms with E-state index in [1.807, 2.05) is 18.9 Å². The second-order valence-electron chi connectivity index (χ2n) is 6.15. The number of carbonyl (C=O) groups is 1. The van der Waals surface area contributed by atoms with Gasteiger partial charge in [-0.2, -0.15) is 0 Å². The van der Waals surface area contributed by atoms with Crippen molar-refractivity contribution in [3.8, 4) is 0 Å². The summed E-state index contributed by atoms with van der Waals surface area (Å²) in [7, 11) is 1.95. The van der Waals surface area contributed by atoms with Crippen LogP contribution in [-0.2, 0) is 4.79 Å². The van der Waals surface area contributed by atoms with Crippen molar-refractivity contribution in [2.75, 3.05) is 18.9 Å². The van der Waals surface area contributed by atoms with Gasteiger partial charge in [-0.15, -0.1) is 10.2 Å². The number of amides is 1. The van der Waals surface area contributed by atoms with Crippen LogP contribution in [0.4, 0.5) is 5.13 Å². The van der Waals surface area contributed by atoms with Gasteiger partial charge >= 0.3 is 0 Å². The van der Waals surface area contributed by atoms with Crippen molar-refractivity contribution < 1.29 is 4.79 Å². The molecule has 23 heavy (non-hydrogen) atoms.